The van der Waals surface area contributed by atoms with Crippen LogP contribution in [-0.2, 0) is 14.4 Å². The summed E-state index contributed by atoms with van der Waals surface area (Å²) in [5.41, 5.74) is 0.901. The predicted molar refractivity (Wildman–Crippen MR) is 139 cm³/mol. The topological polar surface area (TPSA) is 90.0 Å². The molecule has 1 saturated heterocycles. The molecule has 4 atom stereocenters. The van der Waals surface area contributed by atoms with Gasteiger partial charge in [-0.2, -0.15) is 0 Å². The Morgan fingerprint density at radius 1 is 1.17 bits per heavy atom. The van der Waals surface area contributed by atoms with E-state index < -0.39 is 23.5 Å². The molecule has 1 aliphatic rings. The third-order valence-electron chi connectivity index (χ3n) is 7.08. The Kier molecular flexibility index (Phi) is 9.67. The Hall–Kier alpha value is -2.67. The van der Waals surface area contributed by atoms with Gasteiger partial charge >= 0.3 is 5.97 Å². The fourth-order valence-electron chi connectivity index (χ4n) is 4.73. The summed E-state index contributed by atoms with van der Waals surface area (Å²) in [6.07, 6.45) is 3.30. The van der Waals surface area contributed by atoms with Gasteiger partial charge in [0.1, 0.15) is 6.04 Å². The lowest BCUT2D eigenvalue weighted by Crippen LogP contribution is -2.60. The first-order chi connectivity index (χ1) is 16.2. The Morgan fingerprint density at radius 2 is 1.77 bits per heavy atom. The van der Waals surface area contributed by atoms with Crippen molar-refractivity contribution in [1.82, 2.24) is 15.1 Å². The van der Waals surface area contributed by atoms with Crippen LogP contribution in [0.3, 0.4) is 0 Å². The van der Waals surface area contributed by atoms with Crippen LogP contribution < -0.4 is 5.32 Å². The van der Waals surface area contributed by atoms with E-state index in [0.29, 0.717) is 12.3 Å². The molecule has 0 spiro atoms. The van der Waals surface area contributed by atoms with E-state index in [1.54, 1.807) is 18.0 Å². The molecule has 1 aromatic rings. The second-order valence-corrected chi connectivity index (χ2v) is 11.3. The van der Waals surface area contributed by atoms with Gasteiger partial charge in [0.2, 0.25) is 11.8 Å². The van der Waals surface area contributed by atoms with Gasteiger partial charge in [0.15, 0.2) is 0 Å². The number of hydrogen-bond donors (Lipinski definition) is 2. The van der Waals surface area contributed by atoms with Crippen molar-refractivity contribution in [3.05, 3.63) is 47.5 Å². The maximum absolute atomic E-state index is 13.7. The molecule has 2 N–H and O–H groups in total. The molecule has 0 radical (unpaired) electrons. The van der Waals surface area contributed by atoms with Crippen molar-refractivity contribution < 1.29 is 19.5 Å². The van der Waals surface area contributed by atoms with Crippen LogP contribution in [0.15, 0.2) is 42.0 Å². The molecule has 0 aliphatic carbocycles. The Morgan fingerprint density at radius 3 is 2.29 bits per heavy atom. The van der Waals surface area contributed by atoms with Gasteiger partial charge in [-0.05, 0) is 56.2 Å². The summed E-state index contributed by atoms with van der Waals surface area (Å²) in [6, 6.07) is 8.80. The van der Waals surface area contributed by atoms with Crippen molar-refractivity contribution >= 4 is 17.8 Å². The molecule has 0 unspecified atom stereocenters. The third-order valence-corrected chi connectivity index (χ3v) is 7.08. The molecular weight excluding hydrogens is 442 g/mol. The number of benzene rings is 1. The smallest absolute Gasteiger partial charge is 0.331 e. The van der Waals surface area contributed by atoms with E-state index in [1.807, 2.05) is 59.9 Å². The van der Waals surface area contributed by atoms with Gasteiger partial charge < -0.3 is 15.3 Å². The van der Waals surface area contributed by atoms with Gasteiger partial charge in [0.05, 0.1) is 12.1 Å². The van der Waals surface area contributed by atoms with Crippen molar-refractivity contribution in [1.29, 1.82) is 0 Å². The summed E-state index contributed by atoms with van der Waals surface area (Å²) < 4.78 is 0. The molecular formula is C28H43N3O4. The summed E-state index contributed by atoms with van der Waals surface area (Å²) >= 11 is 0. The van der Waals surface area contributed by atoms with E-state index >= 15 is 0 Å². The molecule has 7 heteroatoms. The fraction of sp³-hybridized carbons (Fsp3) is 0.607. The van der Waals surface area contributed by atoms with Gasteiger partial charge in [-0.15, -0.1) is 0 Å². The van der Waals surface area contributed by atoms with Crippen LogP contribution in [0.4, 0.5) is 0 Å². The largest absolute Gasteiger partial charge is 0.478 e. The van der Waals surface area contributed by atoms with E-state index in [-0.39, 0.29) is 29.3 Å². The second-order valence-electron chi connectivity index (χ2n) is 11.3. The highest BCUT2D eigenvalue weighted by molar-refractivity contribution is 5.91. The number of aliphatic carboxylic acids is 1. The Labute approximate surface area is 210 Å². The van der Waals surface area contributed by atoms with Gasteiger partial charge in [-0.1, -0.05) is 71.0 Å². The van der Waals surface area contributed by atoms with Gasteiger partial charge in [0, 0.05) is 12.6 Å². The number of carbonyl (C=O) groups is 3. The number of likely N-dealkylation sites (N-methyl/N-ethyl adjacent to an activating group) is 2. The van der Waals surface area contributed by atoms with E-state index in [9.17, 15) is 19.5 Å². The fourth-order valence-corrected chi connectivity index (χ4v) is 4.73. The average Bonchev–Trinajstić information content (AvgIpc) is 2.79. The third kappa shape index (κ3) is 7.40. The lowest BCUT2D eigenvalue weighted by atomic mass is 9.83. The van der Waals surface area contributed by atoms with Gasteiger partial charge in [-0.25, -0.2) is 4.79 Å². The van der Waals surface area contributed by atoms with Crippen LogP contribution in [0.25, 0.3) is 0 Å². The summed E-state index contributed by atoms with van der Waals surface area (Å²) in [4.78, 5) is 42.3. The second kappa shape index (κ2) is 11.8. The lowest BCUT2D eigenvalue weighted by Gasteiger charge is -2.40. The molecule has 194 valence electrons. The summed E-state index contributed by atoms with van der Waals surface area (Å²) in [7, 11) is 3.64. The highest BCUT2D eigenvalue weighted by atomic mass is 16.4. The highest BCUT2D eigenvalue weighted by Gasteiger charge is 2.40. The minimum Gasteiger partial charge on any atom is -0.478 e. The Bertz CT molecular complexity index is 920. The van der Waals surface area contributed by atoms with Crippen molar-refractivity contribution in [2.75, 3.05) is 20.6 Å². The zero-order valence-electron chi connectivity index (χ0n) is 22.5. The van der Waals surface area contributed by atoms with Crippen LogP contribution in [0.1, 0.15) is 65.9 Å². The SMILES string of the molecule is CC(=C[C@H](C(C)C)N(C)C(=O)[C@@H](NC(=O)[C@@H]1C[C@H](c2ccccc2)CCN1C)C(C)(C)C)C(=O)O. The summed E-state index contributed by atoms with van der Waals surface area (Å²) in [5, 5.41) is 12.4. The maximum Gasteiger partial charge on any atom is 0.331 e. The molecule has 0 bridgehead atoms. The van der Waals surface area contributed by atoms with Gasteiger partial charge in [0.25, 0.3) is 0 Å². The molecule has 0 aromatic heterocycles. The van der Waals surface area contributed by atoms with E-state index in [2.05, 4.69) is 22.3 Å². The van der Waals surface area contributed by atoms with E-state index in [1.165, 1.54) is 12.5 Å². The number of nitrogens with zero attached hydrogens (tertiary/aromatic N) is 2. The summed E-state index contributed by atoms with van der Waals surface area (Å²) in [5.74, 6) is -1.08. The number of carboxylic acid groups (broad SMARTS) is 1. The van der Waals surface area contributed by atoms with Crippen LogP contribution in [0.5, 0.6) is 0 Å². The number of nitrogens with one attached hydrogen (secondary N) is 1. The molecule has 2 amide bonds. The zero-order valence-corrected chi connectivity index (χ0v) is 22.5. The number of rotatable bonds is 8. The maximum atomic E-state index is 13.7. The quantitative estimate of drug-likeness (QED) is 0.545. The lowest BCUT2D eigenvalue weighted by molar-refractivity contribution is -0.141. The zero-order chi connectivity index (χ0) is 26.5. The number of carboxylic acids is 1. The van der Waals surface area contributed by atoms with Crippen LogP contribution >= 0.6 is 0 Å². The first-order valence-corrected chi connectivity index (χ1v) is 12.5. The minimum atomic E-state index is -1.01. The molecule has 2 rings (SSSR count). The first kappa shape index (κ1) is 28.6. The molecule has 35 heavy (non-hydrogen) atoms. The summed E-state index contributed by atoms with van der Waals surface area (Å²) in [6.45, 7) is 12.0. The molecule has 0 saturated carbocycles. The molecule has 1 aliphatic heterocycles. The standard InChI is InChI=1S/C28H43N3O4/c1-18(2)22(16-19(3)27(34)35)31(8)26(33)24(28(4,5)6)29-25(32)23-17-21(14-15-30(23)7)20-12-10-9-11-13-20/h9-13,16,18,21-24H,14-15,17H2,1-8H3,(H,29,32)(H,34,35)/t21-,22-,23+,24-/m1/s1. The van der Waals surface area contributed by atoms with Gasteiger partial charge in [-0.3, -0.25) is 14.5 Å². The van der Waals surface area contributed by atoms with Crippen molar-refractivity contribution in [3.8, 4) is 0 Å². The first-order valence-electron chi connectivity index (χ1n) is 12.5. The van der Waals surface area contributed by atoms with Crippen molar-refractivity contribution in [2.24, 2.45) is 11.3 Å². The van der Waals surface area contributed by atoms with Crippen LogP contribution in [0.2, 0.25) is 0 Å². The average molecular weight is 486 g/mol. The molecule has 1 heterocycles. The van der Waals surface area contributed by atoms with Crippen LogP contribution in [-0.4, -0.2) is 71.5 Å². The van der Waals surface area contributed by atoms with Crippen LogP contribution in [0, 0.1) is 11.3 Å². The molecule has 7 nitrogen and oxygen atoms in total. The number of amides is 2. The number of likely N-dealkylation sites (tertiary alicyclic amines) is 1. The monoisotopic (exact) mass is 485 g/mol. The predicted octanol–water partition coefficient (Wildman–Crippen LogP) is 3.91. The number of piperidine rings is 1. The minimum absolute atomic E-state index is 0.00526. The normalized spacial score (nSPS) is 21.3. The number of carbonyl (C=O) groups excluding carboxylic acids is 2. The highest BCUT2D eigenvalue weighted by Crippen LogP contribution is 2.31. The van der Waals surface area contributed by atoms with Crippen molar-refractivity contribution in [2.45, 2.75) is 78.4 Å². The molecule has 1 aromatic carbocycles. The van der Waals surface area contributed by atoms with E-state index in [4.69, 9.17) is 0 Å². The molecule has 1 fully saturated rings. The van der Waals surface area contributed by atoms with E-state index in [0.717, 1.165) is 13.0 Å². The Balaban J connectivity index is 2.25. The number of hydrogen-bond acceptors (Lipinski definition) is 4. The van der Waals surface area contributed by atoms with Crippen molar-refractivity contribution in [3.63, 3.8) is 0 Å².